The first-order valence-electron chi connectivity index (χ1n) is 15.2. The summed E-state index contributed by atoms with van der Waals surface area (Å²) in [6.07, 6.45) is 11.4. The summed E-state index contributed by atoms with van der Waals surface area (Å²) in [5, 5.41) is 13.5. The lowest BCUT2D eigenvalue weighted by Gasteiger charge is -2.38. The Labute approximate surface area is 235 Å². The molecule has 9 heteroatoms. The molecule has 1 aromatic carbocycles. The molecule has 2 aliphatic carbocycles. The smallest absolute Gasteiger partial charge is 0.374 e. The van der Waals surface area contributed by atoms with Crippen molar-refractivity contribution in [3.8, 4) is 0 Å². The number of nitrogens with one attached hydrogen (secondary N) is 1. The van der Waals surface area contributed by atoms with Gasteiger partial charge in [-0.15, -0.1) is 0 Å². The molecule has 1 unspecified atom stereocenters. The molecule has 2 saturated carbocycles. The Morgan fingerprint density at radius 1 is 1.02 bits per heavy atom. The van der Waals surface area contributed by atoms with Crippen molar-refractivity contribution in [1.82, 2.24) is 19.5 Å². The first-order valence-corrected chi connectivity index (χ1v) is 15.2. The van der Waals surface area contributed by atoms with Crippen LogP contribution < -0.4 is 10.2 Å². The zero-order valence-corrected chi connectivity index (χ0v) is 23.7. The van der Waals surface area contributed by atoms with Gasteiger partial charge < -0.3 is 19.9 Å². The summed E-state index contributed by atoms with van der Waals surface area (Å²) in [5.41, 5.74) is 2.30. The van der Waals surface area contributed by atoms with Gasteiger partial charge in [-0.3, -0.25) is 0 Å². The lowest BCUT2D eigenvalue weighted by atomic mass is 9.80. The van der Waals surface area contributed by atoms with Gasteiger partial charge in [-0.05, 0) is 87.3 Å². The summed E-state index contributed by atoms with van der Waals surface area (Å²) in [6, 6.07) is 7.06. The number of carbonyl (C=O) groups is 1. The van der Waals surface area contributed by atoms with Crippen LogP contribution in [0.3, 0.4) is 0 Å². The van der Waals surface area contributed by atoms with Gasteiger partial charge in [0, 0.05) is 19.1 Å². The van der Waals surface area contributed by atoms with Gasteiger partial charge >= 0.3 is 5.97 Å². The summed E-state index contributed by atoms with van der Waals surface area (Å²) >= 11 is 0. The summed E-state index contributed by atoms with van der Waals surface area (Å²) in [6.45, 7) is 6.12. The molecule has 3 fully saturated rings. The fourth-order valence-electron chi connectivity index (χ4n) is 6.86. The Morgan fingerprint density at radius 2 is 1.77 bits per heavy atom. The van der Waals surface area contributed by atoms with Crippen molar-refractivity contribution in [2.45, 2.75) is 96.7 Å². The molecule has 3 heterocycles. The Balaban J connectivity index is 1.47. The van der Waals surface area contributed by atoms with E-state index in [9.17, 15) is 14.3 Å². The quantitative estimate of drug-likeness (QED) is 0.319. The second-order valence-electron chi connectivity index (χ2n) is 12.4. The third-order valence-electron chi connectivity index (χ3n) is 9.59. The number of benzene rings is 1. The molecule has 2 aromatic heterocycles. The maximum Gasteiger partial charge on any atom is 0.374 e. The molecule has 0 radical (unpaired) electrons. The highest BCUT2D eigenvalue weighted by molar-refractivity contribution is 5.91. The average Bonchev–Trinajstić information content (AvgIpc) is 3.27. The summed E-state index contributed by atoms with van der Waals surface area (Å²) in [4.78, 5) is 28.5. The first kappa shape index (κ1) is 27.0. The molecule has 2 atom stereocenters. The van der Waals surface area contributed by atoms with E-state index in [-0.39, 0.29) is 23.7 Å². The van der Waals surface area contributed by atoms with Crippen LogP contribution in [0.15, 0.2) is 24.3 Å². The fraction of sp³-hybridized carbons (Fsp3) is 0.613. The largest absolute Gasteiger partial charge is 0.475 e. The van der Waals surface area contributed by atoms with Crippen LogP contribution in [0, 0.1) is 23.6 Å². The van der Waals surface area contributed by atoms with Gasteiger partial charge in [-0.25, -0.2) is 19.2 Å². The number of hydrogen-bond acceptors (Lipinski definition) is 6. The lowest BCUT2D eigenvalue weighted by Crippen LogP contribution is -2.36. The number of nitrogens with zero attached hydrogens (tertiary/aromatic N) is 5. The molecule has 2 N–H and O–H groups in total. The number of hydrogen-bond donors (Lipinski definition) is 2. The van der Waals surface area contributed by atoms with E-state index in [4.69, 9.17) is 4.98 Å². The molecular weight excluding hydrogens is 507 g/mol. The number of anilines is 2. The van der Waals surface area contributed by atoms with Crippen molar-refractivity contribution in [2.75, 3.05) is 16.8 Å². The van der Waals surface area contributed by atoms with E-state index in [1.54, 1.807) is 0 Å². The van der Waals surface area contributed by atoms with Crippen LogP contribution in [-0.2, 0) is 6.54 Å². The molecule has 8 nitrogen and oxygen atoms in total. The van der Waals surface area contributed by atoms with Crippen LogP contribution in [0.4, 0.5) is 16.2 Å². The molecule has 0 amide bonds. The van der Waals surface area contributed by atoms with E-state index < -0.39 is 5.97 Å². The number of carboxylic acids is 1. The van der Waals surface area contributed by atoms with Gasteiger partial charge in [0.2, 0.25) is 11.8 Å². The Hall–Kier alpha value is -3.23. The summed E-state index contributed by atoms with van der Waals surface area (Å²) in [5.74, 6) is 1.59. The second kappa shape index (κ2) is 11.3. The van der Waals surface area contributed by atoms with Crippen molar-refractivity contribution >= 4 is 28.9 Å². The Bertz CT molecular complexity index is 1350. The van der Waals surface area contributed by atoms with E-state index in [0.29, 0.717) is 23.3 Å². The van der Waals surface area contributed by atoms with Crippen molar-refractivity contribution in [3.63, 3.8) is 0 Å². The third-order valence-corrected chi connectivity index (χ3v) is 9.59. The van der Waals surface area contributed by atoms with Gasteiger partial charge in [0.25, 0.3) is 0 Å². The lowest BCUT2D eigenvalue weighted by molar-refractivity contribution is 0.0684. The average molecular weight is 549 g/mol. The molecule has 1 aliphatic heterocycles. The number of rotatable bonds is 8. The molecule has 3 aliphatic rings. The predicted molar refractivity (Wildman–Crippen MR) is 154 cm³/mol. The normalized spacial score (nSPS) is 24.6. The number of halogens is 1. The van der Waals surface area contributed by atoms with Gasteiger partial charge in [-0.2, -0.15) is 4.98 Å². The zero-order chi connectivity index (χ0) is 27.8. The minimum Gasteiger partial charge on any atom is -0.475 e. The van der Waals surface area contributed by atoms with Crippen molar-refractivity contribution in [2.24, 2.45) is 17.8 Å². The monoisotopic (exact) mass is 548 g/mol. The number of imidazole rings is 1. The Morgan fingerprint density at radius 3 is 2.45 bits per heavy atom. The van der Waals surface area contributed by atoms with Crippen LogP contribution >= 0.6 is 0 Å². The SMILES string of the molecule is CC1CCC(Cn2c(N3CCCCC3c3ccc(F)cc3)nc3nc(C(=O)O)nc(N[C@H](C)C4CCC4)c32)CC1. The van der Waals surface area contributed by atoms with Gasteiger partial charge in [0.1, 0.15) is 11.3 Å². The number of aromatic nitrogens is 4. The maximum absolute atomic E-state index is 13.8. The van der Waals surface area contributed by atoms with Crippen LogP contribution in [0.1, 0.15) is 100 Å². The van der Waals surface area contributed by atoms with Gasteiger partial charge in [-0.1, -0.05) is 38.3 Å². The molecule has 3 aromatic rings. The zero-order valence-electron chi connectivity index (χ0n) is 23.7. The molecule has 6 rings (SSSR count). The van der Waals surface area contributed by atoms with E-state index in [1.807, 2.05) is 12.1 Å². The number of piperidine rings is 1. The van der Waals surface area contributed by atoms with Crippen molar-refractivity contribution in [3.05, 3.63) is 41.5 Å². The fourth-order valence-corrected chi connectivity index (χ4v) is 6.86. The minimum atomic E-state index is -1.15. The van der Waals surface area contributed by atoms with Crippen LogP contribution in [0.2, 0.25) is 0 Å². The summed E-state index contributed by atoms with van der Waals surface area (Å²) < 4.78 is 16.1. The maximum atomic E-state index is 13.8. The molecule has 214 valence electrons. The predicted octanol–water partition coefficient (Wildman–Crippen LogP) is 6.82. The number of carboxylic acid groups (broad SMARTS) is 1. The third kappa shape index (κ3) is 5.39. The number of aromatic carboxylic acids is 1. The van der Waals surface area contributed by atoms with Crippen LogP contribution in [-0.4, -0.2) is 43.2 Å². The van der Waals surface area contributed by atoms with Crippen molar-refractivity contribution in [1.29, 1.82) is 0 Å². The molecule has 1 saturated heterocycles. The molecule has 0 spiro atoms. The van der Waals surface area contributed by atoms with E-state index in [0.717, 1.165) is 68.1 Å². The molecular formula is C31H41FN6O2. The first-order chi connectivity index (χ1) is 19.4. The van der Waals surface area contributed by atoms with E-state index >= 15 is 0 Å². The molecule has 0 bridgehead atoms. The topological polar surface area (TPSA) is 96.2 Å². The van der Waals surface area contributed by atoms with Crippen LogP contribution in [0.25, 0.3) is 11.2 Å². The number of fused-ring (bicyclic) bond motifs is 1. The Kier molecular flexibility index (Phi) is 7.64. The highest BCUT2D eigenvalue weighted by atomic mass is 19.1. The highest BCUT2D eigenvalue weighted by Gasteiger charge is 2.33. The van der Waals surface area contributed by atoms with E-state index in [1.165, 1.54) is 44.2 Å². The second-order valence-corrected chi connectivity index (χ2v) is 12.4. The highest BCUT2D eigenvalue weighted by Crippen LogP contribution is 2.40. The van der Waals surface area contributed by atoms with Crippen LogP contribution in [0.5, 0.6) is 0 Å². The van der Waals surface area contributed by atoms with Gasteiger partial charge in [0.05, 0.1) is 6.04 Å². The summed E-state index contributed by atoms with van der Waals surface area (Å²) in [7, 11) is 0. The van der Waals surface area contributed by atoms with Gasteiger partial charge in [0.15, 0.2) is 11.5 Å². The standard InChI is InChI=1S/C31H41FN6O2/c1-19-9-11-21(12-10-19)18-38-26-27(33-20(2)22-6-5-7-22)34-29(30(39)40)35-28(26)36-31(38)37-17-4-3-8-25(37)23-13-15-24(32)16-14-23/h13-16,19-22,25H,3-12,17-18H2,1-2H3,(H,39,40)(H,33,34,35)/t19?,20-,21?,25?/m1/s1. The minimum absolute atomic E-state index is 0.0634. The van der Waals surface area contributed by atoms with E-state index in [2.05, 4.69) is 38.6 Å². The van der Waals surface area contributed by atoms with Crippen molar-refractivity contribution < 1.29 is 14.3 Å². The molecule has 40 heavy (non-hydrogen) atoms.